The largest absolute Gasteiger partial charge is 0.469 e. The lowest BCUT2D eigenvalue weighted by Gasteiger charge is -2.08. The van der Waals surface area contributed by atoms with E-state index in [-0.39, 0.29) is 13.0 Å². The number of nitrogens with zero attached hydrogens (tertiary/aromatic N) is 2. The summed E-state index contributed by atoms with van der Waals surface area (Å²) in [5.41, 5.74) is 4.19. The van der Waals surface area contributed by atoms with Crippen molar-refractivity contribution in [3.05, 3.63) is 65.4 Å². The number of anilines is 1. The van der Waals surface area contributed by atoms with Crippen molar-refractivity contribution >= 4 is 17.6 Å². The predicted octanol–water partition coefficient (Wildman–Crippen LogP) is 3.51. The van der Waals surface area contributed by atoms with Crippen LogP contribution in [0, 0.1) is 20.8 Å². The summed E-state index contributed by atoms with van der Waals surface area (Å²) < 4.78 is 12.0. The fourth-order valence-corrected chi connectivity index (χ4v) is 2.83. The second kappa shape index (κ2) is 8.56. The Morgan fingerprint density at radius 3 is 2.57 bits per heavy atom. The number of hydrogen-bond donors (Lipinski definition) is 1. The Morgan fingerprint density at radius 1 is 1.14 bits per heavy atom. The maximum atomic E-state index is 12.2. The summed E-state index contributed by atoms with van der Waals surface area (Å²) in [4.78, 5) is 24.0. The molecule has 146 valence electrons. The molecule has 7 heteroatoms. The monoisotopic (exact) mass is 381 g/mol. The lowest BCUT2D eigenvalue weighted by Crippen LogP contribution is -2.21. The van der Waals surface area contributed by atoms with E-state index in [9.17, 15) is 9.59 Å². The van der Waals surface area contributed by atoms with Crippen LogP contribution >= 0.6 is 0 Å². The molecule has 3 rings (SSSR count). The van der Waals surface area contributed by atoms with E-state index in [1.807, 2.05) is 45.0 Å². The van der Waals surface area contributed by atoms with Gasteiger partial charge < -0.3 is 14.5 Å². The van der Waals surface area contributed by atoms with E-state index in [2.05, 4.69) is 10.4 Å². The molecule has 1 aromatic carbocycles. The summed E-state index contributed by atoms with van der Waals surface area (Å²) in [5.74, 6) is -0.146. The molecular weight excluding hydrogens is 358 g/mol. The summed E-state index contributed by atoms with van der Waals surface area (Å²) >= 11 is 0. The number of hydrogen-bond acceptors (Lipinski definition) is 5. The fourth-order valence-electron chi connectivity index (χ4n) is 2.83. The van der Waals surface area contributed by atoms with Crippen LogP contribution in [0.2, 0.25) is 0 Å². The van der Waals surface area contributed by atoms with Gasteiger partial charge in [0.25, 0.3) is 5.91 Å². The number of furan rings is 1. The molecule has 0 fully saturated rings. The molecule has 0 atom stereocenters. The van der Waals surface area contributed by atoms with Gasteiger partial charge in [-0.2, -0.15) is 5.10 Å². The third kappa shape index (κ3) is 4.68. The number of aromatic nitrogens is 2. The van der Waals surface area contributed by atoms with Crippen molar-refractivity contribution in [1.29, 1.82) is 0 Å². The van der Waals surface area contributed by atoms with Crippen molar-refractivity contribution in [2.45, 2.75) is 33.6 Å². The van der Waals surface area contributed by atoms with Crippen molar-refractivity contribution in [1.82, 2.24) is 9.78 Å². The number of esters is 1. The zero-order valence-corrected chi connectivity index (χ0v) is 16.2. The zero-order chi connectivity index (χ0) is 20.1. The normalized spacial score (nSPS) is 10.7. The summed E-state index contributed by atoms with van der Waals surface area (Å²) in [6, 6.07) is 11.5. The summed E-state index contributed by atoms with van der Waals surface area (Å²) in [7, 11) is 0. The smallest absolute Gasteiger partial charge is 0.306 e. The topological polar surface area (TPSA) is 86.4 Å². The van der Waals surface area contributed by atoms with Gasteiger partial charge in [-0.25, -0.2) is 4.68 Å². The molecule has 0 aliphatic rings. The molecule has 3 aromatic rings. The Bertz CT molecular complexity index is 956. The molecule has 28 heavy (non-hydrogen) atoms. The van der Waals surface area contributed by atoms with Gasteiger partial charge in [0, 0.05) is 6.42 Å². The highest BCUT2D eigenvalue weighted by molar-refractivity contribution is 5.93. The predicted molar refractivity (Wildman–Crippen MR) is 104 cm³/mol. The molecule has 0 spiro atoms. The highest BCUT2D eigenvalue weighted by Gasteiger charge is 2.16. The van der Waals surface area contributed by atoms with Gasteiger partial charge in [0.05, 0.1) is 35.4 Å². The minimum Gasteiger partial charge on any atom is -0.469 e. The average molecular weight is 381 g/mol. The minimum atomic E-state index is -0.449. The number of aryl methyl sites for hydroxylation is 3. The van der Waals surface area contributed by atoms with Crippen LogP contribution in [0.1, 0.15) is 29.1 Å². The quantitative estimate of drug-likeness (QED) is 0.633. The number of amides is 1. The minimum absolute atomic E-state index is 0.157. The average Bonchev–Trinajstić information content (AvgIpc) is 3.29. The van der Waals surface area contributed by atoms with Gasteiger partial charge in [0.2, 0.25) is 0 Å². The first-order valence-corrected chi connectivity index (χ1v) is 9.05. The molecular formula is C21H23N3O4. The number of rotatable bonds is 7. The van der Waals surface area contributed by atoms with Crippen molar-refractivity contribution in [3.63, 3.8) is 0 Å². The first kappa shape index (κ1) is 19.4. The molecule has 7 nitrogen and oxygen atoms in total. The second-order valence-corrected chi connectivity index (χ2v) is 6.58. The summed E-state index contributed by atoms with van der Waals surface area (Å²) in [5, 5.41) is 7.29. The van der Waals surface area contributed by atoms with Crippen LogP contribution in [-0.2, 0) is 20.7 Å². The maximum Gasteiger partial charge on any atom is 0.306 e. The van der Waals surface area contributed by atoms with Crippen LogP contribution in [-0.4, -0.2) is 28.3 Å². The van der Waals surface area contributed by atoms with E-state index in [0.717, 1.165) is 16.9 Å². The molecule has 1 amide bonds. The molecule has 0 aliphatic heterocycles. The Morgan fingerprint density at radius 2 is 1.89 bits per heavy atom. The van der Waals surface area contributed by atoms with Crippen LogP contribution in [0.5, 0.6) is 0 Å². The van der Waals surface area contributed by atoms with E-state index >= 15 is 0 Å². The van der Waals surface area contributed by atoms with Gasteiger partial charge in [-0.15, -0.1) is 0 Å². The number of carbonyl (C=O) groups is 2. The first-order chi connectivity index (χ1) is 13.4. The Kier molecular flexibility index (Phi) is 5.93. The molecule has 1 N–H and O–H groups in total. The van der Waals surface area contributed by atoms with E-state index in [1.54, 1.807) is 23.1 Å². The van der Waals surface area contributed by atoms with Gasteiger partial charge >= 0.3 is 5.97 Å². The third-order valence-electron chi connectivity index (χ3n) is 4.35. The highest BCUT2D eigenvalue weighted by Crippen LogP contribution is 2.23. The second-order valence-electron chi connectivity index (χ2n) is 6.58. The third-order valence-corrected chi connectivity index (χ3v) is 4.35. The van der Waals surface area contributed by atoms with Gasteiger partial charge in [-0.3, -0.25) is 9.59 Å². The van der Waals surface area contributed by atoms with E-state index in [4.69, 9.17) is 9.15 Å². The maximum absolute atomic E-state index is 12.2. The molecule has 2 heterocycles. The molecule has 0 saturated carbocycles. The first-order valence-electron chi connectivity index (χ1n) is 9.05. The van der Waals surface area contributed by atoms with Gasteiger partial charge in [0.15, 0.2) is 6.61 Å². The van der Waals surface area contributed by atoms with Gasteiger partial charge in [-0.1, -0.05) is 17.7 Å². The molecule has 0 unspecified atom stereocenters. The Balaban J connectivity index is 1.56. The number of benzene rings is 1. The van der Waals surface area contributed by atoms with Crippen LogP contribution in [0.25, 0.3) is 5.69 Å². The summed E-state index contributed by atoms with van der Waals surface area (Å²) in [6.45, 7) is 5.38. The van der Waals surface area contributed by atoms with Crippen LogP contribution in [0.4, 0.5) is 5.69 Å². The molecule has 2 aromatic heterocycles. The number of ether oxygens (including phenoxy) is 1. The van der Waals surface area contributed by atoms with Gasteiger partial charge in [0.1, 0.15) is 5.76 Å². The van der Waals surface area contributed by atoms with Crippen LogP contribution < -0.4 is 5.32 Å². The highest BCUT2D eigenvalue weighted by atomic mass is 16.5. The molecule has 0 saturated heterocycles. The Hall–Kier alpha value is -3.35. The molecule has 0 radical (unpaired) electrons. The van der Waals surface area contributed by atoms with Gasteiger partial charge in [-0.05, 0) is 45.0 Å². The Labute approximate surface area is 163 Å². The standard InChI is InChI=1S/C21H23N3O4/c1-14-6-8-17(9-7-14)24-16(3)21(15(2)23-24)22-19(25)13-28-20(26)11-10-18-5-4-12-27-18/h4-9,12H,10-11,13H2,1-3H3,(H,22,25). The SMILES string of the molecule is Cc1ccc(-n2nc(C)c(NC(=O)COC(=O)CCc3ccco3)c2C)cc1. The fraction of sp³-hybridized carbons (Fsp3) is 0.286. The summed E-state index contributed by atoms with van der Waals surface area (Å²) in [6.07, 6.45) is 2.15. The van der Waals surface area contributed by atoms with E-state index in [1.165, 1.54) is 0 Å². The van der Waals surface area contributed by atoms with Crippen molar-refractivity contribution in [2.75, 3.05) is 11.9 Å². The number of carbonyl (C=O) groups excluding carboxylic acids is 2. The van der Waals surface area contributed by atoms with Crippen molar-refractivity contribution in [3.8, 4) is 5.69 Å². The van der Waals surface area contributed by atoms with Crippen molar-refractivity contribution in [2.24, 2.45) is 0 Å². The molecule has 0 aliphatic carbocycles. The van der Waals surface area contributed by atoms with E-state index < -0.39 is 11.9 Å². The van der Waals surface area contributed by atoms with Crippen molar-refractivity contribution < 1.29 is 18.7 Å². The molecule has 0 bridgehead atoms. The lowest BCUT2D eigenvalue weighted by atomic mass is 10.2. The van der Waals surface area contributed by atoms with Crippen LogP contribution in [0.3, 0.4) is 0 Å². The van der Waals surface area contributed by atoms with Crippen LogP contribution in [0.15, 0.2) is 47.1 Å². The van der Waals surface area contributed by atoms with E-state index in [0.29, 0.717) is 23.6 Å². The number of nitrogens with one attached hydrogen (secondary N) is 1. The zero-order valence-electron chi connectivity index (χ0n) is 16.2. The lowest BCUT2D eigenvalue weighted by molar-refractivity contribution is -0.147.